The number of nitrogens with zero attached hydrogens (tertiary/aromatic N) is 4. The van der Waals surface area contributed by atoms with Crippen molar-refractivity contribution in [2.75, 3.05) is 19.8 Å². The van der Waals surface area contributed by atoms with Gasteiger partial charge in [-0.05, 0) is 30.3 Å². The molecule has 1 aromatic rings. The number of ether oxygens (including phenoxy) is 1. The topological polar surface area (TPSA) is 64.9 Å². The predicted molar refractivity (Wildman–Crippen MR) is 56.3 cm³/mol. The zero-order chi connectivity index (χ0) is 10.9. The van der Waals surface area contributed by atoms with Gasteiger partial charge in [-0.15, -0.1) is 5.10 Å². The fraction of sp³-hybridized carbons (Fsp3) is 0.889. The van der Waals surface area contributed by atoms with E-state index in [1.807, 2.05) is 6.92 Å². The van der Waals surface area contributed by atoms with E-state index in [4.69, 9.17) is 4.74 Å². The molecule has 0 aliphatic heterocycles. The van der Waals surface area contributed by atoms with Gasteiger partial charge in [0.15, 0.2) is 5.82 Å². The zero-order valence-corrected chi connectivity index (χ0v) is 9.44. The number of hydrogen-bond donors (Lipinski definition) is 1. The van der Waals surface area contributed by atoms with E-state index >= 15 is 0 Å². The second-order valence-corrected chi connectivity index (χ2v) is 3.19. The summed E-state index contributed by atoms with van der Waals surface area (Å²) < 4.78 is 7.03. The molecule has 1 aromatic heterocycles. The highest BCUT2D eigenvalue weighted by Gasteiger charge is 2.04. The van der Waals surface area contributed by atoms with E-state index in [-0.39, 0.29) is 0 Å². The van der Waals surface area contributed by atoms with Crippen LogP contribution in [0.4, 0.5) is 0 Å². The molecule has 0 atom stereocenters. The first-order valence-electron chi connectivity index (χ1n) is 5.42. The Morgan fingerprint density at radius 2 is 2.27 bits per heavy atom. The number of aromatic nitrogens is 4. The van der Waals surface area contributed by atoms with Crippen LogP contribution in [-0.2, 0) is 17.8 Å². The number of rotatable bonds is 8. The van der Waals surface area contributed by atoms with Crippen molar-refractivity contribution < 1.29 is 4.74 Å². The van der Waals surface area contributed by atoms with Crippen LogP contribution in [0.25, 0.3) is 0 Å². The fourth-order valence-electron chi connectivity index (χ4n) is 1.20. The van der Waals surface area contributed by atoms with Crippen molar-refractivity contribution in [1.29, 1.82) is 0 Å². The van der Waals surface area contributed by atoms with Crippen LogP contribution < -0.4 is 5.32 Å². The van der Waals surface area contributed by atoms with Crippen molar-refractivity contribution in [3.63, 3.8) is 0 Å². The highest BCUT2D eigenvalue weighted by Crippen LogP contribution is 1.92. The van der Waals surface area contributed by atoms with Crippen molar-refractivity contribution >= 4 is 0 Å². The van der Waals surface area contributed by atoms with E-state index < -0.39 is 0 Å². The Morgan fingerprint density at radius 1 is 1.40 bits per heavy atom. The molecule has 15 heavy (non-hydrogen) atoms. The van der Waals surface area contributed by atoms with E-state index in [2.05, 4.69) is 27.8 Å². The van der Waals surface area contributed by atoms with Gasteiger partial charge in [0, 0.05) is 6.61 Å². The van der Waals surface area contributed by atoms with Gasteiger partial charge in [0.25, 0.3) is 0 Å². The summed E-state index contributed by atoms with van der Waals surface area (Å²) in [6.45, 7) is 7.90. The molecular weight excluding hydrogens is 194 g/mol. The zero-order valence-electron chi connectivity index (χ0n) is 9.44. The smallest absolute Gasteiger partial charge is 0.165 e. The average Bonchev–Trinajstić information content (AvgIpc) is 2.67. The molecule has 6 heteroatoms. The van der Waals surface area contributed by atoms with E-state index in [1.54, 1.807) is 4.68 Å². The van der Waals surface area contributed by atoms with E-state index in [0.29, 0.717) is 19.7 Å². The molecule has 0 aromatic carbocycles. The second kappa shape index (κ2) is 7.30. The lowest BCUT2D eigenvalue weighted by Crippen LogP contribution is -2.19. The highest BCUT2D eigenvalue weighted by atomic mass is 16.5. The quantitative estimate of drug-likeness (QED) is 0.625. The maximum absolute atomic E-state index is 5.25. The summed E-state index contributed by atoms with van der Waals surface area (Å²) in [4.78, 5) is 0. The predicted octanol–water partition coefficient (Wildman–Crippen LogP) is 0.209. The van der Waals surface area contributed by atoms with Gasteiger partial charge < -0.3 is 10.1 Å². The van der Waals surface area contributed by atoms with Crippen molar-refractivity contribution in [1.82, 2.24) is 25.5 Å². The van der Waals surface area contributed by atoms with Crippen LogP contribution in [0.15, 0.2) is 0 Å². The van der Waals surface area contributed by atoms with Gasteiger partial charge in [-0.25, -0.2) is 4.68 Å². The van der Waals surface area contributed by atoms with E-state index in [0.717, 1.165) is 25.4 Å². The minimum Gasteiger partial charge on any atom is -0.380 e. The summed E-state index contributed by atoms with van der Waals surface area (Å²) >= 11 is 0. The number of tetrazole rings is 1. The molecule has 0 aliphatic carbocycles. The minimum atomic E-state index is 0.655. The fourth-order valence-corrected chi connectivity index (χ4v) is 1.20. The molecular formula is C9H19N5O. The Labute approximate surface area is 90.0 Å². The number of hydrogen-bond acceptors (Lipinski definition) is 5. The van der Waals surface area contributed by atoms with Gasteiger partial charge in [0.05, 0.1) is 19.7 Å². The largest absolute Gasteiger partial charge is 0.380 e. The molecule has 0 saturated carbocycles. The molecule has 86 valence electrons. The average molecular weight is 213 g/mol. The van der Waals surface area contributed by atoms with Crippen LogP contribution in [0.1, 0.15) is 26.1 Å². The lowest BCUT2D eigenvalue weighted by atomic mass is 10.4. The third kappa shape index (κ3) is 4.35. The van der Waals surface area contributed by atoms with E-state index in [9.17, 15) is 0 Å². The molecule has 0 aliphatic rings. The third-order valence-electron chi connectivity index (χ3n) is 1.97. The van der Waals surface area contributed by atoms with Crippen LogP contribution in [0.5, 0.6) is 0 Å². The lowest BCUT2D eigenvalue weighted by molar-refractivity contribution is 0.135. The maximum Gasteiger partial charge on any atom is 0.165 e. The van der Waals surface area contributed by atoms with Gasteiger partial charge in [-0.2, -0.15) is 0 Å². The summed E-state index contributed by atoms with van der Waals surface area (Å²) in [5.74, 6) is 0.864. The van der Waals surface area contributed by atoms with Crippen LogP contribution in [0.3, 0.4) is 0 Å². The van der Waals surface area contributed by atoms with Gasteiger partial charge in [-0.1, -0.05) is 6.92 Å². The van der Waals surface area contributed by atoms with Crippen LogP contribution in [0.2, 0.25) is 0 Å². The lowest BCUT2D eigenvalue weighted by Gasteiger charge is -2.05. The number of nitrogens with one attached hydrogen (secondary N) is 1. The molecule has 0 radical (unpaired) electrons. The summed E-state index contributed by atoms with van der Waals surface area (Å²) in [6.07, 6.45) is 1.11. The summed E-state index contributed by atoms with van der Waals surface area (Å²) in [5, 5.41) is 14.8. The maximum atomic E-state index is 5.25. The summed E-state index contributed by atoms with van der Waals surface area (Å²) in [7, 11) is 0. The van der Waals surface area contributed by atoms with Crippen molar-refractivity contribution in [3.05, 3.63) is 5.82 Å². The summed E-state index contributed by atoms with van der Waals surface area (Å²) in [6, 6.07) is 0. The molecule has 6 nitrogen and oxygen atoms in total. The molecule has 1 heterocycles. The van der Waals surface area contributed by atoms with Crippen LogP contribution in [0, 0.1) is 0 Å². The normalized spacial score (nSPS) is 10.8. The minimum absolute atomic E-state index is 0.655. The van der Waals surface area contributed by atoms with Gasteiger partial charge in [0.2, 0.25) is 0 Å². The Morgan fingerprint density at radius 3 is 3.00 bits per heavy atom. The molecule has 0 saturated heterocycles. The molecule has 0 bridgehead atoms. The van der Waals surface area contributed by atoms with Gasteiger partial charge >= 0.3 is 0 Å². The summed E-state index contributed by atoms with van der Waals surface area (Å²) in [5.41, 5.74) is 0. The molecule has 0 amide bonds. The van der Waals surface area contributed by atoms with Crippen LogP contribution in [-0.4, -0.2) is 40.0 Å². The Balaban J connectivity index is 2.32. The van der Waals surface area contributed by atoms with Crippen molar-refractivity contribution in [3.8, 4) is 0 Å². The molecule has 1 rings (SSSR count). The Bertz CT molecular complexity index is 238. The van der Waals surface area contributed by atoms with Gasteiger partial charge in [0.1, 0.15) is 0 Å². The van der Waals surface area contributed by atoms with Gasteiger partial charge in [-0.3, -0.25) is 0 Å². The first-order chi connectivity index (χ1) is 7.38. The second-order valence-electron chi connectivity index (χ2n) is 3.19. The molecule has 1 N–H and O–H groups in total. The monoisotopic (exact) mass is 213 g/mol. The SMILES string of the molecule is CCCNCc1nnnn1CCOCC. The first kappa shape index (κ1) is 12.1. The van der Waals surface area contributed by atoms with E-state index in [1.165, 1.54) is 0 Å². The van der Waals surface area contributed by atoms with Crippen LogP contribution >= 0.6 is 0 Å². The molecule has 0 unspecified atom stereocenters. The standard InChI is InChI=1S/C9H19N5O/c1-3-5-10-8-9-11-12-13-14(9)6-7-15-4-2/h10H,3-8H2,1-2H3. The van der Waals surface area contributed by atoms with Crippen molar-refractivity contribution in [2.45, 2.75) is 33.4 Å². The first-order valence-corrected chi connectivity index (χ1v) is 5.42. The Kier molecular flexibility index (Phi) is 5.87. The third-order valence-corrected chi connectivity index (χ3v) is 1.97. The van der Waals surface area contributed by atoms with Crippen molar-refractivity contribution in [2.24, 2.45) is 0 Å². The molecule has 0 fully saturated rings. The highest BCUT2D eigenvalue weighted by molar-refractivity contribution is 4.79. The Hall–Kier alpha value is -1.01. The molecule has 0 spiro atoms.